The summed E-state index contributed by atoms with van der Waals surface area (Å²) in [5.41, 5.74) is 3.58. The number of unbranched alkanes of at least 4 members (excludes halogenated alkanes) is 1. The lowest BCUT2D eigenvalue weighted by Gasteiger charge is -2.31. The van der Waals surface area contributed by atoms with Gasteiger partial charge in [-0.2, -0.15) is 0 Å². The fraction of sp³-hybridized carbons (Fsp3) is 0.435. The quantitative estimate of drug-likeness (QED) is 0.709. The number of anilines is 1. The number of phenols is 1. The van der Waals surface area contributed by atoms with E-state index in [0.717, 1.165) is 45.6 Å². The molecule has 1 aliphatic heterocycles. The van der Waals surface area contributed by atoms with Crippen LogP contribution in [-0.4, -0.2) is 49.3 Å². The second-order valence-electron chi connectivity index (χ2n) is 7.35. The maximum atomic E-state index is 12.6. The van der Waals surface area contributed by atoms with Gasteiger partial charge >= 0.3 is 0 Å². The molecule has 2 aromatic rings. The average molecular weight is 383 g/mol. The summed E-state index contributed by atoms with van der Waals surface area (Å²) in [6.45, 7) is 3.93. The standard InChI is InChI=1S/C23H30N2O3/c1-24(23(27)9-5-2-6-19-10-12-21(26)13-11-19)18-20-7-3-4-8-22(20)25-14-16-28-17-15-25/h3-4,7-8,10-13,26H,2,5-6,9,14-18H2,1H3. The van der Waals surface area contributed by atoms with Crippen LogP contribution in [0.25, 0.3) is 0 Å². The van der Waals surface area contributed by atoms with Gasteiger partial charge < -0.3 is 19.6 Å². The first-order valence-electron chi connectivity index (χ1n) is 10.1. The SMILES string of the molecule is CN(Cc1ccccc1N1CCOCC1)C(=O)CCCCc1ccc(O)cc1. The fourth-order valence-corrected chi connectivity index (χ4v) is 3.56. The molecule has 1 heterocycles. The van der Waals surface area contributed by atoms with Crippen molar-refractivity contribution in [3.8, 4) is 5.75 Å². The predicted octanol–water partition coefficient (Wildman–Crippen LogP) is 3.60. The molecule has 5 heteroatoms. The molecular formula is C23H30N2O3. The van der Waals surface area contributed by atoms with E-state index in [1.807, 2.05) is 30.1 Å². The largest absolute Gasteiger partial charge is 0.508 e. The Bertz CT molecular complexity index is 755. The Labute approximate surface area is 167 Å². The van der Waals surface area contributed by atoms with Crippen LogP contribution in [0.2, 0.25) is 0 Å². The van der Waals surface area contributed by atoms with Crippen LogP contribution in [0.4, 0.5) is 5.69 Å². The van der Waals surface area contributed by atoms with E-state index in [9.17, 15) is 9.90 Å². The number of aryl methyl sites for hydroxylation is 1. The molecule has 28 heavy (non-hydrogen) atoms. The first-order valence-corrected chi connectivity index (χ1v) is 10.1. The van der Waals surface area contributed by atoms with Crippen molar-refractivity contribution in [2.24, 2.45) is 0 Å². The zero-order valence-corrected chi connectivity index (χ0v) is 16.6. The lowest BCUT2D eigenvalue weighted by atomic mass is 10.1. The van der Waals surface area contributed by atoms with E-state index in [2.05, 4.69) is 23.1 Å². The molecular weight excluding hydrogens is 352 g/mol. The molecule has 0 unspecified atom stereocenters. The molecule has 2 aromatic carbocycles. The van der Waals surface area contributed by atoms with Crippen LogP contribution in [0.3, 0.4) is 0 Å². The number of hydrogen-bond acceptors (Lipinski definition) is 4. The van der Waals surface area contributed by atoms with Crippen LogP contribution in [0.5, 0.6) is 5.75 Å². The summed E-state index contributed by atoms with van der Waals surface area (Å²) in [4.78, 5) is 16.7. The highest BCUT2D eigenvalue weighted by Crippen LogP contribution is 2.23. The summed E-state index contributed by atoms with van der Waals surface area (Å²) >= 11 is 0. The van der Waals surface area contributed by atoms with Crippen LogP contribution >= 0.6 is 0 Å². The van der Waals surface area contributed by atoms with E-state index in [1.165, 1.54) is 16.8 Å². The van der Waals surface area contributed by atoms with Crippen molar-refractivity contribution in [1.82, 2.24) is 4.90 Å². The minimum atomic E-state index is 0.183. The smallest absolute Gasteiger partial charge is 0.222 e. The van der Waals surface area contributed by atoms with E-state index >= 15 is 0 Å². The van der Waals surface area contributed by atoms with Crippen molar-refractivity contribution < 1.29 is 14.6 Å². The number of carbonyl (C=O) groups is 1. The molecule has 1 amide bonds. The van der Waals surface area contributed by atoms with Gasteiger partial charge in [0, 0.05) is 38.8 Å². The maximum absolute atomic E-state index is 12.6. The molecule has 0 atom stereocenters. The molecule has 0 aromatic heterocycles. The van der Waals surface area contributed by atoms with Crippen LogP contribution in [-0.2, 0) is 22.5 Å². The molecule has 3 rings (SSSR count). The monoisotopic (exact) mass is 382 g/mol. The van der Waals surface area contributed by atoms with Gasteiger partial charge in [0.05, 0.1) is 13.2 Å². The molecule has 1 aliphatic rings. The topological polar surface area (TPSA) is 53.0 Å². The van der Waals surface area contributed by atoms with Gasteiger partial charge in [-0.15, -0.1) is 0 Å². The Balaban J connectivity index is 1.47. The Hall–Kier alpha value is -2.53. The van der Waals surface area contributed by atoms with Gasteiger partial charge in [0.15, 0.2) is 0 Å². The van der Waals surface area contributed by atoms with E-state index in [4.69, 9.17) is 4.74 Å². The van der Waals surface area contributed by atoms with Crippen molar-refractivity contribution in [2.45, 2.75) is 32.2 Å². The first kappa shape index (κ1) is 20.2. The molecule has 1 fully saturated rings. The van der Waals surface area contributed by atoms with Crippen molar-refractivity contribution in [3.05, 3.63) is 59.7 Å². The number of para-hydroxylation sites is 1. The van der Waals surface area contributed by atoms with Crippen molar-refractivity contribution in [1.29, 1.82) is 0 Å². The molecule has 0 bridgehead atoms. The average Bonchev–Trinajstić information content (AvgIpc) is 2.73. The van der Waals surface area contributed by atoms with Crippen molar-refractivity contribution in [3.63, 3.8) is 0 Å². The highest BCUT2D eigenvalue weighted by Gasteiger charge is 2.16. The summed E-state index contributed by atoms with van der Waals surface area (Å²) in [6.07, 6.45) is 3.33. The number of rotatable bonds is 8. The first-order chi connectivity index (χ1) is 13.6. The van der Waals surface area contributed by atoms with Crippen LogP contribution < -0.4 is 4.90 Å². The number of hydrogen-bond donors (Lipinski definition) is 1. The molecule has 0 aliphatic carbocycles. The normalized spacial score (nSPS) is 14.1. The minimum Gasteiger partial charge on any atom is -0.508 e. The van der Waals surface area contributed by atoms with Gasteiger partial charge in [-0.3, -0.25) is 4.79 Å². The maximum Gasteiger partial charge on any atom is 0.222 e. The summed E-state index contributed by atoms with van der Waals surface area (Å²) in [7, 11) is 1.89. The number of amides is 1. The number of phenolic OH excluding ortho intramolecular Hbond substituents is 1. The third-order valence-electron chi connectivity index (χ3n) is 5.22. The molecule has 150 valence electrons. The van der Waals surface area contributed by atoms with Crippen LogP contribution in [0.1, 0.15) is 30.4 Å². The summed E-state index contributed by atoms with van der Waals surface area (Å²) < 4.78 is 5.45. The summed E-state index contributed by atoms with van der Waals surface area (Å²) in [5, 5.41) is 9.33. The molecule has 0 spiro atoms. The lowest BCUT2D eigenvalue weighted by molar-refractivity contribution is -0.130. The van der Waals surface area contributed by atoms with Gasteiger partial charge in [-0.05, 0) is 48.6 Å². The number of benzene rings is 2. The Morgan fingerprint density at radius 2 is 1.79 bits per heavy atom. The van der Waals surface area contributed by atoms with E-state index < -0.39 is 0 Å². The van der Waals surface area contributed by atoms with Gasteiger partial charge in [0.2, 0.25) is 5.91 Å². The zero-order chi connectivity index (χ0) is 19.8. The van der Waals surface area contributed by atoms with Gasteiger partial charge in [-0.1, -0.05) is 30.3 Å². The lowest BCUT2D eigenvalue weighted by Crippen LogP contribution is -2.37. The number of morpholine rings is 1. The molecule has 1 saturated heterocycles. The van der Waals surface area contributed by atoms with Gasteiger partial charge in [-0.25, -0.2) is 0 Å². The Morgan fingerprint density at radius 1 is 1.07 bits per heavy atom. The van der Waals surface area contributed by atoms with E-state index in [1.54, 1.807) is 12.1 Å². The Kier molecular flexibility index (Phi) is 7.31. The van der Waals surface area contributed by atoms with Crippen molar-refractivity contribution in [2.75, 3.05) is 38.3 Å². The minimum absolute atomic E-state index is 0.183. The fourth-order valence-electron chi connectivity index (χ4n) is 3.56. The van der Waals surface area contributed by atoms with Crippen LogP contribution in [0, 0.1) is 0 Å². The molecule has 0 radical (unpaired) electrons. The van der Waals surface area contributed by atoms with Crippen molar-refractivity contribution >= 4 is 11.6 Å². The number of aromatic hydroxyl groups is 1. The molecule has 0 saturated carbocycles. The number of carbonyl (C=O) groups excluding carboxylic acids is 1. The second kappa shape index (κ2) is 10.1. The van der Waals surface area contributed by atoms with E-state index in [0.29, 0.717) is 13.0 Å². The Morgan fingerprint density at radius 3 is 2.54 bits per heavy atom. The highest BCUT2D eigenvalue weighted by atomic mass is 16.5. The third-order valence-corrected chi connectivity index (χ3v) is 5.22. The zero-order valence-electron chi connectivity index (χ0n) is 16.6. The molecule has 5 nitrogen and oxygen atoms in total. The highest BCUT2D eigenvalue weighted by molar-refractivity contribution is 5.76. The summed E-state index contributed by atoms with van der Waals surface area (Å²) in [6, 6.07) is 15.6. The predicted molar refractivity (Wildman–Crippen MR) is 112 cm³/mol. The third kappa shape index (κ3) is 5.73. The van der Waals surface area contributed by atoms with Crippen LogP contribution in [0.15, 0.2) is 48.5 Å². The van der Waals surface area contributed by atoms with Gasteiger partial charge in [0.1, 0.15) is 5.75 Å². The molecule has 1 N–H and O–H groups in total. The number of ether oxygens (including phenoxy) is 1. The summed E-state index contributed by atoms with van der Waals surface area (Å²) in [5.74, 6) is 0.473. The van der Waals surface area contributed by atoms with Gasteiger partial charge in [0.25, 0.3) is 0 Å². The number of nitrogens with zero attached hydrogens (tertiary/aromatic N) is 2. The second-order valence-corrected chi connectivity index (χ2v) is 7.35. The van der Waals surface area contributed by atoms with E-state index in [-0.39, 0.29) is 11.7 Å².